The summed E-state index contributed by atoms with van der Waals surface area (Å²) < 4.78 is 14.7. The predicted octanol–water partition coefficient (Wildman–Crippen LogP) is 9.41. The molecule has 4 unspecified atom stereocenters. The molecule has 32 heavy (non-hydrogen) atoms. The average Bonchev–Trinajstić information content (AvgIpc) is 2.83. The maximum atomic E-state index is 14.7. The molecule has 3 saturated carbocycles. The second-order valence-corrected chi connectivity index (χ2v) is 11.2. The summed E-state index contributed by atoms with van der Waals surface area (Å²) in [4.78, 5) is 0. The van der Waals surface area contributed by atoms with Crippen molar-refractivity contribution in [1.82, 2.24) is 0 Å². The van der Waals surface area contributed by atoms with Crippen molar-refractivity contribution in [3.8, 4) is 0 Å². The van der Waals surface area contributed by atoms with Gasteiger partial charge in [0.1, 0.15) is 5.82 Å². The Morgan fingerprint density at radius 1 is 0.875 bits per heavy atom. The van der Waals surface area contributed by atoms with Crippen molar-refractivity contribution in [2.75, 3.05) is 0 Å². The van der Waals surface area contributed by atoms with Crippen LogP contribution in [0.15, 0.2) is 43.0 Å². The summed E-state index contributed by atoms with van der Waals surface area (Å²) in [5.41, 5.74) is 2.14. The number of fused-ring (bicyclic) bond motifs is 1. The minimum atomic E-state index is 0.0153. The highest BCUT2D eigenvalue weighted by atomic mass is 19.1. The molecule has 0 saturated heterocycles. The van der Waals surface area contributed by atoms with E-state index < -0.39 is 0 Å². The number of rotatable bonds is 8. The quantitative estimate of drug-likeness (QED) is 0.356. The van der Waals surface area contributed by atoms with Crippen LogP contribution in [-0.2, 0) is 6.42 Å². The van der Waals surface area contributed by atoms with Crippen LogP contribution in [-0.4, -0.2) is 0 Å². The molecule has 4 rings (SSSR count). The van der Waals surface area contributed by atoms with Gasteiger partial charge < -0.3 is 0 Å². The first-order chi connectivity index (χ1) is 15.7. The number of aryl methyl sites for hydroxylation is 1. The normalized spacial score (nSPS) is 33.2. The Morgan fingerprint density at radius 2 is 1.56 bits per heavy atom. The predicted molar refractivity (Wildman–Crippen MR) is 135 cm³/mol. The molecule has 176 valence electrons. The molecule has 0 amide bonds. The van der Waals surface area contributed by atoms with Crippen LogP contribution in [0.2, 0.25) is 0 Å². The summed E-state index contributed by atoms with van der Waals surface area (Å²) in [5.74, 6) is 5.36. The van der Waals surface area contributed by atoms with Crippen LogP contribution in [0.25, 0.3) is 0 Å². The standard InChI is InChI=1S/C31H45F/c1-3-5-7-9-25-14-15-30(22-31(25)32)29-19-18-27-20-26(16-17-28(27)21-29)24-12-10-23(11-13-24)8-6-4-2/h3-5,14-15,22-24,26-29H,2,6-13,16-21H2,1H3/b5-3+. The molecule has 0 spiro atoms. The van der Waals surface area contributed by atoms with Crippen molar-refractivity contribution in [3.05, 3.63) is 60.0 Å². The fraction of sp³-hybridized carbons (Fsp3) is 0.677. The molecule has 1 heteroatoms. The molecule has 0 N–H and O–H groups in total. The van der Waals surface area contributed by atoms with E-state index in [4.69, 9.17) is 0 Å². The van der Waals surface area contributed by atoms with Crippen molar-refractivity contribution in [3.63, 3.8) is 0 Å². The van der Waals surface area contributed by atoms with Gasteiger partial charge in [-0.25, -0.2) is 4.39 Å². The summed E-state index contributed by atoms with van der Waals surface area (Å²) in [6.07, 6.45) is 24.7. The van der Waals surface area contributed by atoms with E-state index >= 15 is 0 Å². The van der Waals surface area contributed by atoms with Gasteiger partial charge in [-0.1, -0.05) is 43.2 Å². The van der Waals surface area contributed by atoms with Crippen molar-refractivity contribution in [2.45, 2.75) is 103 Å². The minimum Gasteiger partial charge on any atom is -0.207 e. The van der Waals surface area contributed by atoms with E-state index in [-0.39, 0.29) is 5.82 Å². The van der Waals surface area contributed by atoms with Crippen LogP contribution in [0, 0.1) is 35.4 Å². The van der Waals surface area contributed by atoms with Crippen LogP contribution < -0.4 is 0 Å². The smallest absolute Gasteiger partial charge is 0.126 e. The summed E-state index contributed by atoms with van der Waals surface area (Å²) >= 11 is 0. The molecular formula is C31H45F. The molecule has 4 atom stereocenters. The highest BCUT2D eigenvalue weighted by Gasteiger charge is 2.39. The molecular weight excluding hydrogens is 391 g/mol. The Kier molecular flexibility index (Phi) is 8.67. The number of benzene rings is 1. The zero-order valence-electron chi connectivity index (χ0n) is 20.4. The molecule has 3 aliphatic carbocycles. The lowest BCUT2D eigenvalue weighted by molar-refractivity contribution is 0.0713. The van der Waals surface area contributed by atoms with Gasteiger partial charge in [-0.05, 0) is 137 Å². The fourth-order valence-electron chi connectivity index (χ4n) is 7.38. The number of hydrogen-bond donors (Lipinski definition) is 0. The maximum Gasteiger partial charge on any atom is 0.126 e. The minimum absolute atomic E-state index is 0.0153. The molecule has 1 aromatic rings. The molecule has 0 aliphatic heterocycles. The van der Waals surface area contributed by atoms with E-state index in [1.165, 1.54) is 82.6 Å². The molecule has 0 aromatic heterocycles. The first-order valence-electron chi connectivity index (χ1n) is 13.7. The van der Waals surface area contributed by atoms with Crippen LogP contribution >= 0.6 is 0 Å². The second-order valence-electron chi connectivity index (χ2n) is 11.2. The third-order valence-corrected chi connectivity index (χ3v) is 9.36. The Hall–Kier alpha value is -1.37. The van der Waals surface area contributed by atoms with E-state index in [9.17, 15) is 4.39 Å². The fourth-order valence-corrected chi connectivity index (χ4v) is 7.38. The first-order valence-corrected chi connectivity index (χ1v) is 13.7. The molecule has 1 aromatic carbocycles. The largest absolute Gasteiger partial charge is 0.207 e. The Balaban J connectivity index is 1.27. The van der Waals surface area contributed by atoms with E-state index in [1.54, 1.807) is 0 Å². The highest BCUT2D eigenvalue weighted by Crippen LogP contribution is 2.51. The van der Waals surface area contributed by atoms with Gasteiger partial charge in [-0.2, -0.15) is 0 Å². The van der Waals surface area contributed by atoms with E-state index in [0.29, 0.717) is 5.92 Å². The van der Waals surface area contributed by atoms with E-state index in [2.05, 4.69) is 36.9 Å². The number of halogens is 1. The van der Waals surface area contributed by atoms with Crippen LogP contribution in [0.3, 0.4) is 0 Å². The molecule has 0 bridgehead atoms. The average molecular weight is 437 g/mol. The topological polar surface area (TPSA) is 0 Å². The first kappa shape index (κ1) is 23.8. The van der Waals surface area contributed by atoms with E-state index in [0.717, 1.165) is 48.0 Å². The molecule has 0 heterocycles. The van der Waals surface area contributed by atoms with Crippen molar-refractivity contribution in [1.29, 1.82) is 0 Å². The van der Waals surface area contributed by atoms with Gasteiger partial charge in [-0.15, -0.1) is 6.58 Å². The monoisotopic (exact) mass is 436 g/mol. The SMILES string of the molecule is C=CCCC1CCC(C2CCC3CC(c4ccc(CC/C=C/C)c(F)c4)CCC3C2)CC1. The molecule has 3 aliphatic rings. The van der Waals surface area contributed by atoms with Crippen LogP contribution in [0.5, 0.6) is 0 Å². The van der Waals surface area contributed by atoms with Gasteiger partial charge >= 0.3 is 0 Å². The lowest BCUT2D eigenvalue weighted by atomic mass is 9.60. The van der Waals surface area contributed by atoms with Crippen molar-refractivity contribution >= 4 is 0 Å². The summed E-state index contributed by atoms with van der Waals surface area (Å²) in [5, 5.41) is 0. The Labute approximate surface area is 196 Å². The van der Waals surface area contributed by atoms with Crippen LogP contribution in [0.1, 0.15) is 107 Å². The lowest BCUT2D eigenvalue weighted by Gasteiger charge is -2.45. The molecule has 0 radical (unpaired) electrons. The molecule has 3 fully saturated rings. The second kappa shape index (κ2) is 11.7. The van der Waals surface area contributed by atoms with Gasteiger partial charge in [0, 0.05) is 0 Å². The summed E-state index contributed by atoms with van der Waals surface area (Å²) in [6.45, 7) is 5.92. The van der Waals surface area contributed by atoms with Gasteiger partial charge in [0.15, 0.2) is 0 Å². The molecule has 0 nitrogen and oxygen atoms in total. The third kappa shape index (κ3) is 5.95. The third-order valence-electron chi connectivity index (χ3n) is 9.36. The van der Waals surface area contributed by atoms with Gasteiger partial charge in [0.05, 0.1) is 0 Å². The number of allylic oxidation sites excluding steroid dienone is 3. The Bertz CT molecular complexity index is 754. The van der Waals surface area contributed by atoms with Gasteiger partial charge in [0.2, 0.25) is 0 Å². The number of hydrogen-bond acceptors (Lipinski definition) is 0. The highest BCUT2D eigenvalue weighted by molar-refractivity contribution is 5.28. The van der Waals surface area contributed by atoms with Gasteiger partial charge in [-0.3, -0.25) is 0 Å². The summed E-state index contributed by atoms with van der Waals surface area (Å²) in [7, 11) is 0. The zero-order chi connectivity index (χ0) is 22.3. The maximum absolute atomic E-state index is 14.7. The lowest BCUT2D eigenvalue weighted by Crippen LogP contribution is -2.34. The van der Waals surface area contributed by atoms with E-state index in [1.807, 2.05) is 13.0 Å². The van der Waals surface area contributed by atoms with Crippen molar-refractivity contribution in [2.24, 2.45) is 29.6 Å². The Morgan fingerprint density at radius 3 is 2.28 bits per heavy atom. The van der Waals surface area contributed by atoms with Crippen LogP contribution in [0.4, 0.5) is 4.39 Å². The zero-order valence-corrected chi connectivity index (χ0v) is 20.4. The summed E-state index contributed by atoms with van der Waals surface area (Å²) in [6, 6.07) is 6.16. The van der Waals surface area contributed by atoms with Crippen molar-refractivity contribution < 1.29 is 4.39 Å². The van der Waals surface area contributed by atoms with Gasteiger partial charge in [0.25, 0.3) is 0 Å².